The average molecular weight is 403 g/mol. The highest BCUT2D eigenvalue weighted by Gasteiger charge is 2.23. The fraction of sp³-hybridized carbons (Fsp3) is 0.167. The molecule has 1 aliphatic heterocycles. The Morgan fingerprint density at radius 1 is 1.10 bits per heavy atom. The third-order valence-corrected chi connectivity index (χ3v) is 5.04. The summed E-state index contributed by atoms with van der Waals surface area (Å²) in [6, 6.07) is 16.1. The van der Waals surface area contributed by atoms with Crippen molar-refractivity contribution in [3.05, 3.63) is 102 Å². The van der Waals surface area contributed by atoms with Crippen LogP contribution in [0.3, 0.4) is 0 Å². The van der Waals surface area contributed by atoms with Gasteiger partial charge in [0.1, 0.15) is 5.76 Å². The van der Waals surface area contributed by atoms with Crippen molar-refractivity contribution in [2.75, 3.05) is 4.90 Å². The normalized spacial score (nSPS) is 17.0. The summed E-state index contributed by atoms with van der Waals surface area (Å²) < 4.78 is 13.2. The highest BCUT2D eigenvalue weighted by atomic mass is 19.1. The second-order valence-corrected chi connectivity index (χ2v) is 7.26. The second-order valence-electron chi connectivity index (χ2n) is 7.26. The summed E-state index contributed by atoms with van der Waals surface area (Å²) in [6.07, 6.45) is 6.27. The predicted octanol–water partition coefficient (Wildman–Crippen LogP) is 4.86. The standard InChI is InChI=1S/C24H22FN3O2/c1-16-4-2-7-22(27-16)23(30)13-20-9-10-21(29)15-28(20)19-6-3-5-17(12-19)18-8-11-24(25)26-14-18/h2-12,14-15,20,23,29-30H,13H2,1H3. The van der Waals surface area contributed by atoms with Crippen molar-refractivity contribution >= 4 is 5.69 Å². The Hall–Kier alpha value is -3.51. The number of allylic oxidation sites excluding steroid dienone is 1. The van der Waals surface area contributed by atoms with Crippen LogP contribution in [-0.4, -0.2) is 26.2 Å². The van der Waals surface area contributed by atoms with Gasteiger partial charge in [-0.1, -0.05) is 24.3 Å². The van der Waals surface area contributed by atoms with Gasteiger partial charge in [0.2, 0.25) is 5.95 Å². The Morgan fingerprint density at radius 2 is 1.93 bits per heavy atom. The number of nitrogens with zero attached hydrogens (tertiary/aromatic N) is 3. The molecule has 5 nitrogen and oxygen atoms in total. The lowest BCUT2D eigenvalue weighted by Crippen LogP contribution is -2.33. The first-order valence-electron chi connectivity index (χ1n) is 9.70. The number of rotatable bonds is 5. The Balaban J connectivity index is 1.61. The number of aliphatic hydroxyl groups is 2. The van der Waals surface area contributed by atoms with E-state index in [1.165, 1.54) is 12.3 Å². The van der Waals surface area contributed by atoms with Crippen LogP contribution in [0.2, 0.25) is 0 Å². The van der Waals surface area contributed by atoms with Gasteiger partial charge in [0.15, 0.2) is 0 Å². The topological polar surface area (TPSA) is 69.5 Å². The van der Waals surface area contributed by atoms with Crippen molar-refractivity contribution in [3.8, 4) is 11.1 Å². The first-order valence-corrected chi connectivity index (χ1v) is 9.70. The first-order chi connectivity index (χ1) is 14.5. The van der Waals surface area contributed by atoms with E-state index in [9.17, 15) is 14.6 Å². The Labute approximate surface area is 174 Å². The number of halogens is 1. The van der Waals surface area contributed by atoms with Crippen LogP contribution in [0.1, 0.15) is 23.9 Å². The molecule has 0 fully saturated rings. The third-order valence-electron chi connectivity index (χ3n) is 5.04. The molecule has 6 heteroatoms. The Bertz CT molecular complexity index is 1100. The summed E-state index contributed by atoms with van der Waals surface area (Å²) in [5.74, 6) is -0.397. The van der Waals surface area contributed by atoms with Gasteiger partial charge >= 0.3 is 0 Å². The number of benzene rings is 1. The van der Waals surface area contributed by atoms with Crippen molar-refractivity contribution in [3.63, 3.8) is 0 Å². The minimum Gasteiger partial charge on any atom is -0.506 e. The lowest BCUT2D eigenvalue weighted by molar-refractivity contribution is 0.158. The van der Waals surface area contributed by atoms with Crippen LogP contribution in [0, 0.1) is 12.9 Å². The number of aromatic nitrogens is 2. The molecule has 4 rings (SSSR count). The lowest BCUT2D eigenvalue weighted by Gasteiger charge is -2.32. The highest BCUT2D eigenvalue weighted by molar-refractivity contribution is 5.69. The molecule has 1 aliphatic rings. The molecule has 1 aromatic carbocycles. The molecule has 2 unspecified atom stereocenters. The van der Waals surface area contributed by atoms with E-state index in [0.29, 0.717) is 12.1 Å². The van der Waals surface area contributed by atoms with Gasteiger partial charge in [-0.05, 0) is 55.0 Å². The van der Waals surface area contributed by atoms with Crippen molar-refractivity contribution < 1.29 is 14.6 Å². The van der Waals surface area contributed by atoms with Crippen molar-refractivity contribution in [1.29, 1.82) is 0 Å². The summed E-state index contributed by atoms with van der Waals surface area (Å²) in [5, 5.41) is 20.8. The largest absolute Gasteiger partial charge is 0.506 e. The van der Waals surface area contributed by atoms with Crippen molar-refractivity contribution in [2.24, 2.45) is 0 Å². The van der Waals surface area contributed by atoms with Gasteiger partial charge in [0.05, 0.1) is 17.8 Å². The zero-order chi connectivity index (χ0) is 21.1. The van der Waals surface area contributed by atoms with Gasteiger partial charge in [0.25, 0.3) is 0 Å². The molecule has 0 amide bonds. The van der Waals surface area contributed by atoms with Crippen LogP contribution in [0.5, 0.6) is 0 Å². The van der Waals surface area contributed by atoms with Gasteiger partial charge in [0, 0.05) is 35.8 Å². The van der Waals surface area contributed by atoms with Crippen LogP contribution >= 0.6 is 0 Å². The van der Waals surface area contributed by atoms with Gasteiger partial charge in [-0.2, -0.15) is 4.39 Å². The molecule has 0 spiro atoms. The summed E-state index contributed by atoms with van der Waals surface area (Å²) in [6.45, 7) is 1.89. The van der Waals surface area contributed by atoms with Crippen LogP contribution < -0.4 is 4.90 Å². The molecule has 2 atom stereocenters. The molecule has 3 aromatic rings. The maximum absolute atomic E-state index is 13.2. The molecule has 0 aliphatic carbocycles. The van der Waals surface area contributed by atoms with Crippen LogP contribution in [0.25, 0.3) is 11.1 Å². The number of hydrogen-bond donors (Lipinski definition) is 2. The molecular formula is C24H22FN3O2. The van der Waals surface area contributed by atoms with E-state index < -0.39 is 12.1 Å². The smallest absolute Gasteiger partial charge is 0.212 e. The van der Waals surface area contributed by atoms with E-state index in [1.54, 1.807) is 18.3 Å². The van der Waals surface area contributed by atoms with Crippen molar-refractivity contribution in [2.45, 2.75) is 25.5 Å². The maximum atomic E-state index is 13.2. The third kappa shape index (κ3) is 4.39. The van der Waals surface area contributed by atoms with Crippen LogP contribution in [0.15, 0.2) is 84.9 Å². The number of pyridine rings is 2. The fourth-order valence-electron chi connectivity index (χ4n) is 3.53. The molecule has 0 radical (unpaired) electrons. The quantitative estimate of drug-likeness (QED) is 0.596. The summed E-state index contributed by atoms with van der Waals surface area (Å²) in [4.78, 5) is 10.1. The molecule has 0 saturated carbocycles. The number of aliphatic hydroxyl groups excluding tert-OH is 2. The second kappa shape index (κ2) is 8.47. The zero-order valence-corrected chi connectivity index (χ0v) is 16.5. The SMILES string of the molecule is Cc1cccc(C(O)CC2C=CC(O)=CN2c2cccc(-c3ccc(F)nc3)c2)n1. The summed E-state index contributed by atoms with van der Waals surface area (Å²) in [5.41, 5.74) is 3.97. The number of anilines is 1. The Kier molecular flexibility index (Phi) is 5.59. The van der Waals surface area contributed by atoms with Gasteiger partial charge in [-0.15, -0.1) is 0 Å². The molecular weight excluding hydrogens is 381 g/mol. The van der Waals surface area contributed by atoms with Crippen LogP contribution in [-0.2, 0) is 0 Å². The summed E-state index contributed by atoms with van der Waals surface area (Å²) in [7, 11) is 0. The molecule has 2 N–H and O–H groups in total. The predicted molar refractivity (Wildman–Crippen MR) is 114 cm³/mol. The van der Waals surface area contributed by atoms with E-state index in [1.807, 2.05) is 60.4 Å². The van der Waals surface area contributed by atoms with Crippen LogP contribution in [0.4, 0.5) is 10.1 Å². The van der Waals surface area contributed by atoms with Gasteiger partial charge in [-0.25, -0.2) is 4.98 Å². The van der Waals surface area contributed by atoms with Gasteiger partial charge in [-0.3, -0.25) is 4.98 Å². The first kappa shape index (κ1) is 19.8. The Morgan fingerprint density at radius 3 is 2.70 bits per heavy atom. The van der Waals surface area contributed by atoms with Gasteiger partial charge < -0.3 is 15.1 Å². The monoisotopic (exact) mass is 403 g/mol. The minimum atomic E-state index is -0.750. The minimum absolute atomic E-state index is 0.128. The molecule has 2 aromatic heterocycles. The fourth-order valence-corrected chi connectivity index (χ4v) is 3.53. The summed E-state index contributed by atoms with van der Waals surface area (Å²) >= 11 is 0. The average Bonchev–Trinajstić information content (AvgIpc) is 2.75. The van der Waals surface area contributed by atoms with E-state index in [0.717, 1.165) is 22.5 Å². The van der Waals surface area contributed by atoms with E-state index >= 15 is 0 Å². The molecule has 0 bridgehead atoms. The molecule has 3 heterocycles. The maximum Gasteiger partial charge on any atom is 0.212 e. The molecule has 0 saturated heterocycles. The molecule has 152 valence electrons. The lowest BCUT2D eigenvalue weighted by atomic mass is 10.0. The van der Waals surface area contributed by atoms with E-state index in [4.69, 9.17) is 0 Å². The van der Waals surface area contributed by atoms with E-state index in [-0.39, 0.29) is 11.8 Å². The number of aryl methyl sites for hydroxylation is 1. The zero-order valence-electron chi connectivity index (χ0n) is 16.5. The van der Waals surface area contributed by atoms with Crippen molar-refractivity contribution in [1.82, 2.24) is 9.97 Å². The molecule has 30 heavy (non-hydrogen) atoms. The highest BCUT2D eigenvalue weighted by Crippen LogP contribution is 2.31. The number of hydrogen-bond acceptors (Lipinski definition) is 5. The van der Waals surface area contributed by atoms with E-state index in [2.05, 4.69) is 9.97 Å².